The highest BCUT2D eigenvalue weighted by atomic mass is 16.1. The molecule has 106 valence electrons. The van der Waals surface area contributed by atoms with E-state index in [9.17, 15) is 4.79 Å². The molecule has 1 aliphatic carbocycles. The second kappa shape index (κ2) is 6.40. The Bertz CT molecular complexity index is 659. The molecule has 0 fully saturated rings. The summed E-state index contributed by atoms with van der Waals surface area (Å²) in [4.78, 5) is 12.1. The highest BCUT2D eigenvalue weighted by Crippen LogP contribution is 2.27. The standard InChI is InChI=1S/C19H19NO/c21-19(14-13-15-7-2-1-3-8-15)20-18-12-6-10-16-9-4-5-11-17(16)18/h1-3,6-8,10,12-14H,4-5,9,11H2,(H,20,21). The summed E-state index contributed by atoms with van der Waals surface area (Å²) < 4.78 is 0. The van der Waals surface area contributed by atoms with Gasteiger partial charge in [0.1, 0.15) is 0 Å². The van der Waals surface area contributed by atoms with Gasteiger partial charge in [0.05, 0.1) is 0 Å². The lowest BCUT2D eigenvalue weighted by Gasteiger charge is -2.19. The van der Waals surface area contributed by atoms with Crippen molar-refractivity contribution in [1.29, 1.82) is 0 Å². The van der Waals surface area contributed by atoms with Crippen LogP contribution in [0.2, 0.25) is 0 Å². The molecule has 2 aromatic rings. The van der Waals surface area contributed by atoms with E-state index in [0.29, 0.717) is 0 Å². The molecule has 0 heterocycles. The molecule has 1 amide bonds. The Morgan fingerprint density at radius 1 is 0.952 bits per heavy atom. The average Bonchev–Trinajstić information content (AvgIpc) is 2.54. The van der Waals surface area contributed by atoms with Crippen LogP contribution in [0.1, 0.15) is 29.5 Å². The van der Waals surface area contributed by atoms with Crippen LogP contribution in [0, 0.1) is 0 Å². The first-order valence-corrected chi connectivity index (χ1v) is 7.48. The van der Waals surface area contributed by atoms with Crippen molar-refractivity contribution in [2.24, 2.45) is 0 Å². The van der Waals surface area contributed by atoms with E-state index in [1.54, 1.807) is 6.08 Å². The predicted molar refractivity (Wildman–Crippen MR) is 87.2 cm³/mol. The molecule has 0 saturated heterocycles. The van der Waals surface area contributed by atoms with Crippen molar-refractivity contribution in [3.8, 4) is 0 Å². The fourth-order valence-corrected chi connectivity index (χ4v) is 2.81. The number of hydrogen-bond acceptors (Lipinski definition) is 1. The van der Waals surface area contributed by atoms with Crippen molar-refractivity contribution in [2.45, 2.75) is 25.7 Å². The van der Waals surface area contributed by atoms with Crippen molar-refractivity contribution in [3.63, 3.8) is 0 Å². The third kappa shape index (κ3) is 3.40. The minimum absolute atomic E-state index is 0.0715. The van der Waals surface area contributed by atoms with E-state index in [4.69, 9.17) is 0 Å². The zero-order valence-corrected chi connectivity index (χ0v) is 12.0. The normalized spacial score (nSPS) is 13.9. The topological polar surface area (TPSA) is 29.1 Å². The molecule has 2 nitrogen and oxygen atoms in total. The first-order valence-electron chi connectivity index (χ1n) is 7.48. The Labute approximate surface area is 125 Å². The summed E-state index contributed by atoms with van der Waals surface area (Å²) in [6.45, 7) is 0. The van der Waals surface area contributed by atoms with Gasteiger partial charge in [-0.05, 0) is 54.5 Å². The number of fused-ring (bicyclic) bond motifs is 1. The Balaban J connectivity index is 1.72. The fraction of sp³-hybridized carbons (Fsp3) is 0.211. The van der Waals surface area contributed by atoms with E-state index < -0.39 is 0 Å². The van der Waals surface area contributed by atoms with E-state index in [-0.39, 0.29) is 5.91 Å². The van der Waals surface area contributed by atoms with E-state index in [1.807, 2.05) is 48.5 Å². The number of nitrogens with one attached hydrogen (secondary N) is 1. The van der Waals surface area contributed by atoms with Gasteiger partial charge < -0.3 is 5.32 Å². The number of carbonyl (C=O) groups is 1. The molecule has 0 bridgehead atoms. The molecule has 0 atom stereocenters. The van der Waals surface area contributed by atoms with Crippen LogP contribution in [0.4, 0.5) is 5.69 Å². The maximum atomic E-state index is 12.1. The summed E-state index contributed by atoms with van der Waals surface area (Å²) in [5.41, 5.74) is 4.69. The van der Waals surface area contributed by atoms with Gasteiger partial charge in [0.15, 0.2) is 0 Å². The molecule has 0 aliphatic heterocycles. The van der Waals surface area contributed by atoms with Crippen LogP contribution in [0.3, 0.4) is 0 Å². The van der Waals surface area contributed by atoms with Gasteiger partial charge in [-0.2, -0.15) is 0 Å². The van der Waals surface area contributed by atoms with Gasteiger partial charge in [0.25, 0.3) is 0 Å². The molecule has 1 N–H and O–H groups in total. The van der Waals surface area contributed by atoms with E-state index in [0.717, 1.165) is 24.1 Å². The highest BCUT2D eigenvalue weighted by Gasteiger charge is 2.13. The Morgan fingerprint density at radius 3 is 2.62 bits per heavy atom. The minimum Gasteiger partial charge on any atom is -0.322 e. The molecule has 2 heteroatoms. The number of rotatable bonds is 3. The van der Waals surface area contributed by atoms with Crippen LogP contribution in [0.25, 0.3) is 6.08 Å². The molecular formula is C19H19NO. The van der Waals surface area contributed by atoms with E-state index in [2.05, 4.69) is 11.4 Å². The van der Waals surface area contributed by atoms with Crippen molar-refractivity contribution < 1.29 is 4.79 Å². The van der Waals surface area contributed by atoms with Gasteiger partial charge in [0, 0.05) is 11.8 Å². The van der Waals surface area contributed by atoms with Gasteiger partial charge in [-0.25, -0.2) is 0 Å². The number of amides is 1. The van der Waals surface area contributed by atoms with Crippen LogP contribution >= 0.6 is 0 Å². The van der Waals surface area contributed by atoms with E-state index >= 15 is 0 Å². The van der Waals surface area contributed by atoms with Gasteiger partial charge in [-0.1, -0.05) is 42.5 Å². The second-order valence-electron chi connectivity index (χ2n) is 5.38. The average molecular weight is 277 g/mol. The lowest BCUT2D eigenvalue weighted by molar-refractivity contribution is -0.111. The quantitative estimate of drug-likeness (QED) is 0.836. The fourth-order valence-electron chi connectivity index (χ4n) is 2.81. The third-order valence-corrected chi connectivity index (χ3v) is 3.88. The summed E-state index contributed by atoms with van der Waals surface area (Å²) in [7, 11) is 0. The van der Waals surface area contributed by atoms with Gasteiger partial charge in [-0.15, -0.1) is 0 Å². The number of aryl methyl sites for hydroxylation is 1. The summed E-state index contributed by atoms with van der Waals surface area (Å²) in [5, 5.41) is 3.01. The molecule has 21 heavy (non-hydrogen) atoms. The first-order chi connectivity index (χ1) is 10.3. The van der Waals surface area contributed by atoms with Crippen molar-refractivity contribution in [1.82, 2.24) is 0 Å². The van der Waals surface area contributed by atoms with Crippen LogP contribution in [-0.2, 0) is 17.6 Å². The summed E-state index contributed by atoms with van der Waals surface area (Å²) in [5.74, 6) is -0.0715. The van der Waals surface area contributed by atoms with Crippen LogP contribution in [-0.4, -0.2) is 5.91 Å². The number of hydrogen-bond donors (Lipinski definition) is 1. The summed E-state index contributed by atoms with van der Waals surface area (Å²) in [6, 6.07) is 16.1. The molecule has 2 aromatic carbocycles. The van der Waals surface area contributed by atoms with Gasteiger partial charge in [-0.3, -0.25) is 4.79 Å². The molecule has 0 spiro atoms. The summed E-state index contributed by atoms with van der Waals surface area (Å²) in [6.07, 6.45) is 8.08. The summed E-state index contributed by atoms with van der Waals surface area (Å²) >= 11 is 0. The van der Waals surface area contributed by atoms with Gasteiger partial charge >= 0.3 is 0 Å². The van der Waals surface area contributed by atoms with Gasteiger partial charge in [0.2, 0.25) is 5.91 Å². The SMILES string of the molecule is O=C(C=Cc1ccccc1)Nc1cccc2c1CCCC2. The van der Waals surface area contributed by atoms with E-state index in [1.165, 1.54) is 24.0 Å². The largest absolute Gasteiger partial charge is 0.322 e. The molecule has 0 saturated carbocycles. The monoisotopic (exact) mass is 277 g/mol. The maximum Gasteiger partial charge on any atom is 0.248 e. The minimum atomic E-state index is -0.0715. The molecule has 3 rings (SSSR count). The Hall–Kier alpha value is -2.35. The van der Waals surface area contributed by atoms with Crippen molar-refractivity contribution in [3.05, 3.63) is 71.3 Å². The molecule has 1 aliphatic rings. The zero-order chi connectivity index (χ0) is 14.5. The number of carbonyl (C=O) groups excluding carboxylic acids is 1. The Kier molecular flexibility index (Phi) is 4.15. The maximum absolute atomic E-state index is 12.1. The zero-order valence-electron chi connectivity index (χ0n) is 12.0. The van der Waals surface area contributed by atoms with Crippen molar-refractivity contribution in [2.75, 3.05) is 5.32 Å². The Morgan fingerprint density at radius 2 is 1.76 bits per heavy atom. The molecule has 0 unspecified atom stereocenters. The van der Waals surface area contributed by atoms with Crippen LogP contribution in [0.5, 0.6) is 0 Å². The molecule has 0 radical (unpaired) electrons. The number of anilines is 1. The van der Waals surface area contributed by atoms with Crippen molar-refractivity contribution >= 4 is 17.7 Å². The number of benzene rings is 2. The molecular weight excluding hydrogens is 258 g/mol. The highest BCUT2D eigenvalue weighted by molar-refractivity contribution is 6.02. The third-order valence-electron chi connectivity index (χ3n) is 3.88. The predicted octanol–water partition coefficient (Wildman–Crippen LogP) is 4.22. The molecule has 0 aromatic heterocycles. The van der Waals surface area contributed by atoms with Crippen LogP contribution < -0.4 is 5.32 Å². The smallest absolute Gasteiger partial charge is 0.248 e. The second-order valence-corrected chi connectivity index (χ2v) is 5.38. The van der Waals surface area contributed by atoms with Crippen LogP contribution in [0.15, 0.2) is 54.6 Å². The lowest BCUT2D eigenvalue weighted by atomic mass is 9.90. The lowest BCUT2D eigenvalue weighted by Crippen LogP contribution is -2.12. The first kappa shape index (κ1) is 13.6.